The minimum atomic E-state index is -1.16. The Kier molecular flexibility index (Phi) is 6.39. The van der Waals surface area contributed by atoms with Crippen molar-refractivity contribution in [2.45, 2.75) is 26.4 Å². The minimum Gasteiger partial charge on any atom is -0.543 e. The van der Waals surface area contributed by atoms with Crippen LogP contribution in [0.5, 0.6) is 5.75 Å². The Morgan fingerprint density at radius 2 is 1.97 bits per heavy atom. The first-order valence-electron chi connectivity index (χ1n) is 10.3. The van der Waals surface area contributed by atoms with Crippen molar-refractivity contribution in [1.82, 2.24) is 9.88 Å². The molecule has 2 aromatic heterocycles. The van der Waals surface area contributed by atoms with Gasteiger partial charge in [0.05, 0.1) is 18.8 Å². The molecule has 31 heavy (non-hydrogen) atoms. The molecule has 4 aromatic rings. The molecule has 0 radical (unpaired) electrons. The topological polar surface area (TPSA) is 66.3 Å². The maximum Gasteiger partial charge on any atom is 0.118 e. The third-order valence-corrected chi connectivity index (χ3v) is 6.38. The molecule has 0 saturated heterocycles. The molecule has 6 heteroatoms. The molecule has 4 rings (SSSR count). The molecular formula is C25H25N2O3S-. The van der Waals surface area contributed by atoms with Gasteiger partial charge in [-0.25, -0.2) is 0 Å². The number of nitrogens with zero attached hydrogens (tertiary/aromatic N) is 1. The van der Waals surface area contributed by atoms with Crippen LogP contribution in [-0.4, -0.2) is 24.2 Å². The van der Waals surface area contributed by atoms with Gasteiger partial charge in [0.15, 0.2) is 0 Å². The van der Waals surface area contributed by atoms with Crippen molar-refractivity contribution in [1.29, 1.82) is 0 Å². The van der Waals surface area contributed by atoms with Crippen LogP contribution in [0.2, 0.25) is 0 Å². The number of benzene rings is 2. The van der Waals surface area contributed by atoms with E-state index >= 15 is 0 Å². The van der Waals surface area contributed by atoms with Gasteiger partial charge in [-0.05, 0) is 54.1 Å². The Morgan fingerprint density at radius 3 is 2.65 bits per heavy atom. The lowest BCUT2D eigenvalue weighted by Gasteiger charge is -2.14. The van der Waals surface area contributed by atoms with E-state index in [0.29, 0.717) is 13.1 Å². The summed E-state index contributed by atoms with van der Waals surface area (Å²) in [7, 11) is 1.63. The number of carbonyl (C=O) groups is 1. The molecule has 0 aliphatic heterocycles. The highest BCUT2D eigenvalue weighted by Crippen LogP contribution is 2.28. The molecular weight excluding hydrogens is 408 g/mol. The Bertz CT molecular complexity index is 1180. The van der Waals surface area contributed by atoms with Crippen LogP contribution in [0.1, 0.15) is 32.1 Å². The maximum atomic E-state index is 12.2. The van der Waals surface area contributed by atoms with Crippen LogP contribution in [-0.2, 0) is 19.5 Å². The van der Waals surface area contributed by atoms with Gasteiger partial charge in [0.1, 0.15) is 5.75 Å². The van der Waals surface area contributed by atoms with E-state index in [9.17, 15) is 9.90 Å². The van der Waals surface area contributed by atoms with Gasteiger partial charge in [0.25, 0.3) is 0 Å². The van der Waals surface area contributed by atoms with Gasteiger partial charge in [-0.2, -0.15) is 0 Å². The fourth-order valence-electron chi connectivity index (χ4n) is 3.90. The van der Waals surface area contributed by atoms with Crippen molar-refractivity contribution in [3.63, 3.8) is 0 Å². The summed E-state index contributed by atoms with van der Waals surface area (Å²) in [5.41, 5.74) is 4.00. The Balaban J connectivity index is 1.67. The third-order valence-electron chi connectivity index (χ3n) is 5.45. The smallest absolute Gasteiger partial charge is 0.118 e. The Hall–Kier alpha value is -3.09. The first-order chi connectivity index (χ1) is 15.1. The van der Waals surface area contributed by atoms with Crippen molar-refractivity contribution in [3.8, 4) is 5.75 Å². The zero-order valence-corrected chi connectivity index (χ0v) is 18.5. The molecule has 0 saturated carbocycles. The summed E-state index contributed by atoms with van der Waals surface area (Å²) in [6, 6.07) is 17.9. The maximum absolute atomic E-state index is 12.2. The van der Waals surface area contributed by atoms with E-state index < -0.39 is 5.97 Å². The molecule has 5 nitrogen and oxygen atoms in total. The van der Waals surface area contributed by atoms with E-state index in [0.717, 1.165) is 46.3 Å². The standard InChI is InChI=1S/C25H26N2O3S/c1-17-5-10-21-22(15-26-12-11-20-4-3-13-31-20)24(25(28)29)27(23(21)14-17)16-18-6-8-19(30-2)9-7-18/h3-10,13-14,26H,11-12,15-16H2,1-2H3,(H,28,29)/p-1. The van der Waals surface area contributed by atoms with Crippen molar-refractivity contribution in [2.75, 3.05) is 13.7 Å². The average Bonchev–Trinajstić information content (AvgIpc) is 3.38. The molecule has 0 amide bonds. The number of aryl methyl sites for hydroxylation is 1. The lowest BCUT2D eigenvalue weighted by atomic mass is 10.1. The van der Waals surface area contributed by atoms with Crippen LogP contribution in [0.3, 0.4) is 0 Å². The second kappa shape index (κ2) is 9.37. The second-order valence-electron chi connectivity index (χ2n) is 7.58. The van der Waals surface area contributed by atoms with Gasteiger partial charge in [0.2, 0.25) is 0 Å². The zero-order chi connectivity index (χ0) is 21.8. The number of aromatic carboxylic acids is 1. The van der Waals surface area contributed by atoms with Gasteiger partial charge in [-0.1, -0.05) is 30.3 Å². The summed E-state index contributed by atoms with van der Waals surface area (Å²) in [6.07, 6.45) is 0.919. The summed E-state index contributed by atoms with van der Waals surface area (Å²) < 4.78 is 7.09. The number of carboxylic acids is 1. The predicted octanol–water partition coefficient (Wildman–Crippen LogP) is 3.76. The number of aromatic nitrogens is 1. The van der Waals surface area contributed by atoms with Crippen LogP contribution in [0.25, 0.3) is 10.9 Å². The summed E-state index contributed by atoms with van der Waals surface area (Å²) >= 11 is 1.73. The quantitative estimate of drug-likeness (QED) is 0.408. The number of hydrogen-bond acceptors (Lipinski definition) is 5. The van der Waals surface area contributed by atoms with Crippen LogP contribution in [0.4, 0.5) is 0 Å². The number of hydrogen-bond donors (Lipinski definition) is 1. The first-order valence-corrected chi connectivity index (χ1v) is 11.1. The molecule has 2 aromatic carbocycles. The Morgan fingerprint density at radius 1 is 1.16 bits per heavy atom. The zero-order valence-electron chi connectivity index (χ0n) is 17.7. The van der Waals surface area contributed by atoms with E-state index in [1.165, 1.54) is 4.88 Å². The number of nitrogens with one attached hydrogen (secondary N) is 1. The number of ether oxygens (including phenoxy) is 1. The molecule has 1 N–H and O–H groups in total. The fourth-order valence-corrected chi connectivity index (χ4v) is 4.61. The molecule has 0 spiro atoms. The molecule has 2 heterocycles. The van der Waals surface area contributed by atoms with Crippen LogP contribution >= 0.6 is 11.3 Å². The van der Waals surface area contributed by atoms with Gasteiger partial charge < -0.3 is 24.5 Å². The number of methoxy groups -OCH3 is 1. The van der Waals surface area contributed by atoms with Crippen LogP contribution in [0.15, 0.2) is 60.0 Å². The molecule has 0 fully saturated rings. The summed E-state index contributed by atoms with van der Waals surface area (Å²) in [6.45, 7) is 3.72. The van der Waals surface area contributed by atoms with Crippen molar-refractivity contribution < 1.29 is 14.6 Å². The third kappa shape index (κ3) is 4.65. The normalized spacial score (nSPS) is 11.2. The number of thiophene rings is 1. The fraction of sp³-hybridized carbons (Fsp3) is 0.240. The minimum absolute atomic E-state index is 0.236. The van der Waals surface area contributed by atoms with Gasteiger partial charge in [-0.3, -0.25) is 0 Å². The molecule has 0 aliphatic rings. The van der Waals surface area contributed by atoms with E-state index in [1.54, 1.807) is 18.4 Å². The van der Waals surface area contributed by atoms with Crippen LogP contribution in [0, 0.1) is 6.92 Å². The van der Waals surface area contributed by atoms with Gasteiger partial charge >= 0.3 is 0 Å². The predicted molar refractivity (Wildman–Crippen MR) is 123 cm³/mol. The first kappa shape index (κ1) is 21.2. The molecule has 160 valence electrons. The van der Waals surface area contributed by atoms with Crippen molar-refractivity contribution in [2.24, 2.45) is 0 Å². The lowest BCUT2D eigenvalue weighted by Crippen LogP contribution is -2.28. The monoisotopic (exact) mass is 433 g/mol. The number of rotatable bonds is 9. The molecule has 0 bridgehead atoms. The largest absolute Gasteiger partial charge is 0.543 e. The highest BCUT2D eigenvalue weighted by atomic mass is 32.1. The van der Waals surface area contributed by atoms with E-state index in [1.807, 2.05) is 60.0 Å². The number of carboxylic acid groups (broad SMARTS) is 1. The summed E-state index contributed by atoms with van der Waals surface area (Å²) in [5, 5.41) is 18.7. The number of fused-ring (bicyclic) bond motifs is 1. The number of carbonyl (C=O) groups excluding carboxylic acids is 1. The van der Waals surface area contributed by atoms with Crippen molar-refractivity contribution in [3.05, 3.63) is 87.2 Å². The van der Waals surface area contributed by atoms with E-state index in [-0.39, 0.29) is 5.69 Å². The second-order valence-corrected chi connectivity index (χ2v) is 8.61. The van der Waals surface area contributed by atoms with Crippen molar-refractivity contribution >= 4 is 28.2 Å². The SMILES string of the molecule is COc1ccc(Cn2c(C(=O)[O-])c(CNCCc3cccs3)c3ccc(C)cc32)cc1. The molecule has 0 atom stereocenters. The van der Waals surface area contributed by atoms with Gasteiger partial charge in [0, 0.05) is 41.0 Å². The molecule has 0 unspecified atom stereocenters. The lowest BCUT2D eigenvalue weighted by molar-refractivity contribution is -0.255. The van der Waals surface area contributed by atoms with Crippen LogP contribution < -0.4 is 15.2 Å². The summed E-state index contributed by atoms with van der Waals surface area (Å²) in [4.78, 5) is 13.5. The average molecular weight is 434 g/mol. The Labute approximate surface area is 185 Å². The van der Waals surface area contributed by atoms with E-state index in [4.69, 9.17) is 4.74 Å². The van der Waals surface area contributed by atoms with E-state index in [2.05, 4.69) is 16.8 Å². The highest BCUT2D eigenvalue weighted by Gasteiger charge is 2.18. The molecule has 0 aliphatic carbocycles. The highest BCUT2D eigenvalue weighted by molar-refractivity contribution is 7.09. The van der Waals surface area contributed by atoms with Gasteiger partial charge in [-0.15, -0.1) is 11.3 Å². The summed E-state index contributed by atoms with van der Waals surface area (Å²) in [5.74, 6) is -0.384.